The fraction of sp³-hybridized carbons (Fsp3) is 0.538. The molecule has 1 aromatic heterocycles. The number of hydrogen-bond donors (Lipinski definition) is 1. The molecule has 1 heterocycles. The van der Waals surface area contributed by atoms with E-state index in [1.165, 1.54) is 12.3 Å². The van der Waals surface area contributed by atoms with Gasteiger partial charge in [0.2, 0.25) is 0 Å². The molecular formula is C13H19FN2O. The fourth-order valence-corrected chi connectivity index (χ4v) is 1.96. The van der Waals surface area contributed by atoms with Gasteiger partial charge in [-0.25, -0.2) is 4.39 Å². The Labute approximate surface area is 101 Å². The maximum absolute atomic E-state index is 13.3. The Balaban J connectivity index is 2.70. The molecule has 0 saturated carbocycles. The number of amides is 1. The lowest BCUT2D eigenvalue weighted by molar-refractivity contribution is 0.0921. The van der Waals surface area contributed by atoms with Crippen molar-refractivity contribution in [2.45, 2.75) is 39.7 Å². The monoisotopic (exact) mass is 238 g/mol. The van der Waals surface area contributed by atoms with Crippen LogP contribution in [0.5, 0.6) is 0 Å². The number of hydrogen-bond acceptors (Lipinski definition) is 2. The summed E-state index contributed by atoms with van der Waals surface area (Å²) < 4.78 is 13.3. The van der Waals surface area contributed by atoms with Crippen LogP contribution in [0.25, 0.3) is 0 Å². The molecule has 3 nitrogen and oxygen atoms in total. The van der Waals surface area contributed by atoms with Crippen LogP contribution in [0.3, 0.4) is 0 Å². The van der Waals surface area contributed by atoms with E-state index in [9.17, 15) is 9.18 Å². The first-order chi connectivity index (χ1) is 8.10. The molecular weight excluding hydrogens is 219 g/mol. The van der Waals surface area contributed by atoms with Gasteiger partial charge in [-0.1, -0.05) is 26.7 Å². The van der Waals surface area contributed by atoms with Crippen molar-refractivity contribution in [3.8, 4) is 0 Å². The number of aromatic nitrogens is 1. The van der Waals surface area contributed by atoms with Crippen molar-refractivity contribution < 1.29 is 9.18 Å². The molecule has 1 aromatic rings. The zero-order chi connectivity index (χ0) is 12.8. The van der Waals surface area contributed by atoms with Gasteiger partial charge < -0.3 is 5.32 Å². The predicted octanol–water partition coefficient (Wildman–Crippen LogP) is 2.78. The molecule has 0 aliphatic carbocycles. The molecule has 0 aromatic carbocycles. The highest BCUT2D eigenvalue weighted by molar-refractivity contribution is 5.94. The summed E-state index contributed by atoms with van der Waals surface area (Å²) in [6.07, 6.45) is 4.46. The van der Waals surface area contributed by atoms with E-state index >= 15 is 0 Å². The molecule has 4 heteroatoms. The van der Waals surface area contributed by atoms with Gasteiger partial charge in [-0.2, -0.15) is 0 Å². The van der Waals surface area contributed by atoms with Crippen LogP contribution in [0.2, 0.25) is 0 Å². The highest BCUT2D eigenvalue weighted by atomic mass is 19.1. The third-order valence-corrected chi connectivity index (χ3v) is 3.13. The third-order valence-electron chi connectivity index (χ3n) is 3.13. The van der Waals surface area contributed by atoms with Crippen LogP contribution in [0.15, 0.2) is 18.5 Å². The average Bonchev–Trinajstić information content (AvgIpc) is 2.31. The summed E-state index contributed by atoms with van der Waals surface area (Å²) in [5.41, 5.74) is 0.0535. The number of carbonyl (C=O) groups excluding carboxylic acids is 1. The summed E-state index contributed by atoms with van der Waals surface area (Å²) in [7, 11) is 0. The zero-order valence-corrected chi connectivity index (χ0v) is 10.5. The van der Waals surface area contributed by atoms with E-state index in [4.69, 9.17) is 0 Å². The van der Waals surface area contributed by atoms with Crippen LogP contribution in [0.1, 0.15) is 44.0 Å². The Hall–Kier alpha value is -1.45. The quantitative estimate of drug-likeness (QED) is 0.857. The number of halogens is 1. The lowest BCUT2D eigenvalue weighted by atomic mass is 9.95. The first kappa shape index (κ1) is 13.6. The van der Waals surface area contributed by atoms with Crippen LogP contribution in [-0.4, -0.2) is 16.9 Å². The number of pyridine rings is 1. The van der Waals surface area contributed by atoms with E-state index < -0.39 is 5.82 Å². The largest absolute Gasteiger partial charge is 0.349 e. The van der Waals surface area contributed by atoms with Gasteiger partial charge in [0.05, 0.1) is 11.8 Å². The first-order valence-corrected chi connectivity index (χ1v) is 6.00. The van der Waals surface area contributed by atoms with Crippen LogP contribution in [-0.2, 0) is 0 Å². The van der Waals surface area contributed by atoms with Crippen molar-refractivity contribution >= 4 is 5.91 Å². The third kappa shape index (κ3) is 3.51. The molecule has 94 valence electrons. The normalized spacial score (nSPS) is 12.5. The molecule has 0 aliphatic rings. The van der Waals surface area contributed by atoms with Gasteiger partial charge in [-0.15, -0.1) is 0 Å². The first-order valence-electron chi connectivity index (χ1n) is 6.00. The smallest absolute Gasteiger partial charge is 0.254 e. The van der Waals surface area contributed by atoms with Crippen molar-refractivity contribution in [2.24, 2.45) is 5.92 Å². The number of carbonyl (C=O) groups is 1. The van der Waals surface area contributed by atoms with Gasteiger partial charge in [-0.05, 0) is 18.9 Å². The summed E-state index contributed by atoms with van der Waals surface area (Å²) in [5.74, 6) is -0.533. The summed E-state index contributed by atoms with van der Waals surface area (Å²) in [6.45, 7) is 6.13. The van der Waals surface area contributed by atoms with Crippen molar-refractivity contribution in [3.63, 3.8) is 0 Å². The van der Waals surface area contributed by atoms with E-state index in [0.29, 0.717) is 5.92 Å². The van der Waals surface area contributed by atoms with Gasteiger partial charge in [0.25, 0.3) is 5.91 Å². The van der Waals surface area contributed by atoms with Crippen molar-refractivity contribution in [2.75, 3.05) is 0 Å². The van der Waals surface area contributed by atoms with Crippen LogP contribution in [0.4, 0.5) is 4.39 Å². The minimum Gasteiger partial charge on any atom is -0.349 e. The fourth-order valence-electron chi connectivity index (χ4n) is 1.96. The van der Waals surface area contributed by atoms with Gasteiger partial charge in [-0.3, -0.25) is 9.78 Å². The summed E-state index contributed by atoms with van der Waals surface area (Å²) >= 11 is 0. The van der Waals surface area contributed by atoms with Crippen molar-refractivity contribution in [1.29, 1.82) is 0 Å². The van der Waals surface area contributed by atoms with Crippen LogP contribution < -0.4 is 5.32 Å². The molecule has 1 N–H and O–H groups in total. The van der Waals surface area contributed by atoms with Crippen LogP contribution >= 0.6 is 0 Å². The number of nitrogens with zero attached hydrogens (tertiary/aromatic N) is 1. The molecule has 1 atom stereocenters. The highest BCUT2D eigenvalue weighted by Gasteiger charge is 2.18. The summed E-state index contributed by atoms with van der Waals surface area (Å²) in [4.78, 5) is 15.5. The summed E-state index contributed by atoms with van der Waals surface area (Å²) in [6, 6.07) is 1.44. The lowest BCUT2D eigenvalue weighted by Gasteiger charge is -2.22. The molecule has 1 unspecified atom stereocenters. The van der Waals surface area contributed by atoms with Crippen LogP contribution in [0, 0.1) is 11.7 Å². The lowest BCUT2D eigenvalue weighted by Crippen LogP contribution is -2.38. The maximum atomic E-state index is 13.3. The molecule has 0 bridgehead atoms. The molecule has 1 amide bonds. The van der Waals surface area contributed by atoms with E-state index in [1.807, 2.05) is 6.92 Å². The van der Waals surface area contributed by atoms with Gasteiger partial charge in [0.15, 0.2) is 5.82 Å². The minimum atomic E-state index is -0.582. The highest BCUT2D eigenvalue weighted by Crippen LogP contribution is 2.13. The summed E-state index contributed by atoms with van der Waals surface area (Å²) in [5, 5.41) is 2.83. The standard InChI is InChI=1S/C13H19FN2O/c1-4-10(5-2)9(3)16-13(17)11-6-7-15-8-12(11)14/h6-10H,4-5H2,1-3H3,(H,16,17). The average molecular weight is 238 g/mol. The van der Waals surface area contributed by atoms with E-state index in [2.05, 4.69) is 24.1 Å². The van der Waals surface area contributed by atoms with Gasteiger partial charge in [0.1, 0.15) is 0 Å². The Kier molecular flexibility index (Phi) is 5.07. The molecule has 0 radical (unpaired) electrons. The number of rotatable bonds is 5. The molecule has 0 fully saturated rings. The topological polar surface area (TPSA) is 42.0 Å². The second-order valence-corrected chi connectivity index (χ2v) is 4.19. The molecule has 17 heavy (non-hydrogen) atoms. The SMILES string of the molecule is CCC(CC)C(C)NC(=O)c1ccncc1F. The molecule has 0 aliphatic heterocycles. The maximum Gasteiger partial charge on any atom is 0.254 e. The molecule has 0 spiro atoms. The Bertz CT molecular complexity index is 377. The van der Waals surface area contributed by atoms with E-state index in [-0.39, 0.29) is 17.5 Å². The predicted molar refractivity (Wildman–Crippen MR) is 65.2 cm³/mol. The Morgan fingerprint density at radius 3 is 2.65 bits per heavy atom. The van der Waals surface area contributed by atoms with Gasteiger partial charge >= 0.3 is 0 Å². The van der Waals surface area contributed by atoms with E-state index in [1.54, 1.807) is 0 Å². The van der Waals surface area contributed by atoms with E-state index in [0.717, 1.165) is 19.0 Å². The van der Waals surface area contributed by atoms with Gasteiger partial charge in [0, 0.05) is 12.2 Å². The second kappa shape index (κ2) is 6.33. The second-order valence-electron chi connectivity index (χ2n) is 4.19. The Morgan fingerprint density at radius 1 is 1.47 bits per heavy atom. The minimum absolute atomic E-state index is 0.0464. The zero-order valence-electron chi connectivity index (χ0n) is 10.5. The molecule has 1 rings (SSSR count). The van der Waals surface area contributed by atoms with Crippen molar-refractivity contribution in [3.05, 3.63) is 29.8 Å². The Morgan fingerprint density at radius 2 is 2.12 bits per heavy atom. The molecule has 0 saturated heterocycles. The van der Waals surface area contributed by atoms with Crippen molar-refractivity contribution in [1.82, 2.24) is 10.3 Å². The number of nitrogens with one attached hydrogen (secondary N) is 1.